The fourth-order valence-electron chi connectivity index (χ4n) is 1.36. The number of nitrogens with zero attached hydrogens (tertiary/aromatic N) is 4. The van der Waals surface area contributed by atoms with E-state index in [-0.39, 0.29) is 5.95 Å². The molecule has 7 heteroatoms. The van der Waals surface area contributed by atoms with Gasteiger partial charge in [0.05, 0.1) is 6.54 Å². The van der Waals surface area contributed by atoms with Crippen LogP contribution in [-0.2, 0) is 13.0 Å². The highest BCUT2D eigenvalue weighted by molar-refractivity contribution is 5.18. The largest absolute Gasteiger partial charge is 0.367 e. The Kier molecular flexibility index (Phi) is 2.76. The van der Waals surface area contributed by atoms with Gasteiger partial charge in [-0.1, -0.05) is 5.10 Å². The molecule has 84 valence electrons. The van der Waals surface area contributed by atoms with Crippen LogP contribution in [0.4, 0.5) is 14.7 Å². The molecule has 0 aliphatic rings. The summed E-state index contributed by atoms with van der Waals surface area (Å²) >= 11 is 0. The lowest BCUT2D eigenvalue weighted by Crippen LogP contribution is -2.07. The van der Waals surface area contributed by atoms with Crippen LogP contribution in [0.2, 0.25) is 0 Å². The predicted molar refractivity (Wildman–Crippen MR) is 52.3 cm³/mol. The van der Waals surface area contributed by atoms with Gasteiger partial charge in [-0.05, 0) is 34.5 Å². The van der Waals surface area contributed by atoms with Crippen molar-refractivity contribution in [2.45, 2.75) is 13.0 Å². The van der Waals surface area contributed by atoms with E-state index < -0.39 is 11.6 Å². The lowest BCUT2D eigenvalue weighted by Gasteiger charge is -2.02. The maximum Gasteiger partial charge on any atom is 0.240 e. The molecule has 0 amide bonds. The van der Waals surface area contributed by atoms with E-state index in [4.69, 9.17) is 5.73 Å². The Hall–Kier alpha value is -2.05. The summed E-state index contributed by atoms with van der Waals surface area (Å²) in [4.78, 5) is 0. The summed E-state index contributed by atoms with van der Waals surface area (Å²) in [6, 6.07) is 3.36. The predicted octanol–water partition coefficient (Wildman–Crippen LogP) is 0.776. The zero-order valence-electron chi connectivity index (χ0n) is 8.27. The number of nitrogens with two attached hydrogens (primary N) is 1. The second-order valence-electron chi connectivity index (χ2n) is 3.29. The summed E-state index contributed by atoms with van der Waals surface area (Å²) in [6.45, 7) is 0.377. The number of tetrazole rings is 1. The third-order valence-corrected chi connectivity index (χ3v) is 2.09. The first-order valence-electron chi connectivity index (χ1n) is 4.62. The molecule has 0 aliphatic heterocycles. The van der Waals surface area contributed by atoms with E-state index in [1.54, 1.807) is 0 Å². The smallest absolute Gasteiger partial charge is 0.240 e. The van der Waals surface area contributed by atoms with E-state index in [1.807, 2.05) is 0 Å². The van der Waals surface area contributed by atoms with Gasteiger partial charge in [-0.25, -0.2) is 13.5 Å². The summed E-state index contributed by atoms with van der Waals surface area (Å²) in [5, 5.41) is 10.5. The first-order chi connectivity index (χ1) is 7.65. The molecule has 2 rings (SSSR count). The van der Waals surface area contributed by atoms with Crippen molar-refractivity contribution in [3.8, 4) is 0 Å². The molecule has 16 heavy (non-hydrogen) atoms. The fraction of sp³-hybridized carbons (Fsp3) is 0.222. The van der Waals surface area contributed by atoms with E-state index in [0.717, 1.165) is 6.07 Å². The lowest BCUT2D eigenvalue weighted by atomic mass is 10.1. The zero-order valence-corrected chi connectivity index (χ0v) is 8.27. The van der Waals surface area contributed by atoms with Crippen LogP contribution in [0.1, 0.15) is 5.56 Å². The van der Waals surface area contributed by atoms with E-state index in [9.17, 15) is 8.78 Å². The molecule has 0 aliphatic carbocycles. The standard InChI is InChI=1S/C9H9F2N5/c10-7-3-6(4-8(11)5-7)1-2-16-9(12)13-14-15-16/h3-5H,1-2H2,(H2,12,13,15). The highest BCUT2D eigenvalue weighted by Crippen LogP contribution is 2.09. The highest BCUT2D eigenvalue weighted by Gasteiger charge is 2.04. The first kappa shape index (κ1) is 10.5. The Bertz CT molecular complexity index is 476. The van der Waals surface area contributed by atoms with Crippen molar-refractivity contribution in [3.63, 3.8) is 0 Å². The van der Waals surface area contributed by atoms with Gasteiger partial charge in [0.25, 0.3) is 0 Å². The molecule has 2 aromatic rings. The molecule has 0 saturated carbocycles. The van der Waals surface area contributed by atoms with Crippen LogP contribution in [0.3, 0.4) is 0 Å². The number of hydrogen-bond acceptors (Lipinski definition) is 4. The van der Waals surface area contributed by atoms with Gasteiger partial charge < -0.3 is 5.73 Å². The molecule has 0 spiro atoms. The average Bonchev–Trinajstić information content (AvgIpc) is 2.59. The van der Waals surface area contributed by atoms with E-state index in [2.05, 4.69) is 15.5 Å². The van der Waals surface area contributed by atoms with Crippen LogP contribution >= 0.6 is 0 Å². The average molecular weight is 225 g/mol. The topological polar surface area (TPSA) is 69.6 Å². The van der Waals surface area contributed by atoms with Crippen molar-refractivity contribution in [2.75, 3.05) is 5.73 Å². The second kappa shape index (κ2) is 4.21. The number of anilines is 1. The van der Waals surface area contributed by atoms with Crippen LogP contribution in [0, 0.1) is 11.6 Å². The van der Waals surface area contributed by atoms with Crippen molar-refractivity contribution >= 4 is 5.95 Å². The quantitative estimate of drug-likeness (QED) is 0.837. The number of aryl methyl sites for hydroxylation is 2. The molecule has 5 nitrogen and oxygen atoms in total. The third-order valence-electron chi connectivity index (χ3n) is 2.09. The van der Waals surface area contributed by atoms with E-state index >= 15 is 0 Å². The Morgan fingerprint density at radius 1 is 1.19 bits per heavy atom. The van der Waals surface area contributed by atoms with Gasteiger partial charge in [0.1, 0.15) is 11.6 Å². The van der Waals surface area contributed by atoms with Crippen LogP contribution in [-0.4, -0.2) is 20.2 Å². The minimum absolute atomic E-state index is 0.178. The molecule has 0 bridgehead atoms. The molecular weight excluding hydrogens is 216 g/mol. The molecule has 0 saturated heterocycles. The van der Waals surface area contributed by atoms with Crippen molar-refractivity contribution in [1.82, 2.24) is 20.2 Å². The Labute approximate surface area is 89.9 Å². The van der Waals surface area contributed by atoms with Gasteiger partial charge in [-0.3, -0.25) is 0 Å². The van der Waals surface area contributed by atoms with E-state index in [1.165, 1.54) is 16.8 Å². The van der Waals surface area contributed by atoms with Crippen molar-refractivity contribution < 1.29 is 8.78 Å². The molecular formula is C9H9F2N5. The highest BCUT2D eigenvalue weighted by atomic mass is 19.1. The molecule has 0 unspecified atom stereocenters. The van der Waals surface area contributed by atoms with Crippen LogP contribution in [0.5, 0.6) is 0 Å². The van der Waals surface area contributed by atoms with Gasteiger partial charge in [0.15, 0.2) is 0 Å². The van der Waals surface area contributed by atoms with Crippen molar-refractivity contribution in [2.24, 2.45) is 0 Å². The van der Waals surface area contributed by atoms with Crippen LogP contribution < -0.4 is 5.73 Å². The zero-order chi connectivity index (χ0) is 11.5. The molecule has 1 aromatic heterocycles. The number of benzene rings is 1. The van der Waals surface area contributed by atoms with Crippen molar-refractivity contribution in [1.29, 1.82) is 0 Å². The van der Waals surface area contributed by atoms with Gasteiger partial charge in [-0.2, -0.15) is 0 Å². The molecule has 1 aromatic carbocycles. The number of hydrogen-bond donors (Lipinski definition) is 1. The SMILES string of the molecule is Nc1nnnn1CCc1cc(F)cc(F)c1. The Balaban J connectivity index is 2.07. The summed E-state index contributed by atoms with van der Waals surface area (Å²) < 4.78 is 27.1. The number of rotatable bonds is 3. The van der Waals surface area contributed by atoms with Crippen molar-refractivity contribution in [3.05, 3.63) is 35.4 Å². The Morgan fingerprint density at radius 3 is 2.44 bits per heavy atom. The summed E-state index contributed by atoms with van der Waals surface area (Å²) in [7, 11) is 0. The van der Waals surface area contributed by atoms with Crippen LogP contribution in [0.25, 0.3) is 0 Å². The third kappa shape index (κ3) is 2.30. The Morgan fingerprint density at radius 2 is 1.88 bits per heavy atom. The van der Waals surface area contributed by atoms with Gasteiger partial charge in [0.2, 0.25) is 5.95 Å². The maximum atomic E-state index is 12.9. The summed E-state index contributed by atoms with van der Waals surface area (Å²) in [6.07, 6.45) is 0.407. The number of aromatic nitrogens is 4. The van der Waals surface area contributed by atoms with Crippen LogP contribution in [0.15, 0.2) is 18.2 Å². The molecule has 0 atom stereocenters. The molecule has 0 radical (unpaired) electrons. The number of halogens is 2. The minimum Gasteiger partial charge on any atom is -0.367 e. The number of nitrogen functional groups attached to an aromatic ring is 1. The van der Waals surface area contributed by atoms with Gasteiger partial charge >= 0.3 is 0 Å². The molecule has 0 fully saturated rings. The van der Waals surface area contributed by atoms with E-state index in [0.29, 0.717) is 18.5 Å². The molecule has 2 N–H and O–H groups in total. The monoisotopic (exact) mass is 225 g/mol. The minimum atomic E-state index is -0.598. The fourth-order valence-corrected chi connectivity index (χ4v) is 1.36. The maximum absolute atomic E-state index is 12.9. The normalized spacial score (nSPS) is 10.6. The lowest BCUT2D eigenvalue weighted by molar-refractivity contribution is 0.567. The summed E-state index contributed by atoms with van der Waals surface area (Å²) in [5.74, 6) is -1.02. The second-order valence-corrected chi connectivity index (χ2v) is 3.29. The summed E-state index contributed by atoms with van der Waals surface area (Å²) in [5.41, 5.74) is 5.98. The van der Waals surface area contributed by atoms with Gasteiger partial charge in [0, 0.05) is 6.07 Å². The first-order valence-corrected chi connectivity index (χ1v) is 4.62. The molecule has 1 heterocycles. The van der Waals surface area contributed by atoms with Gasteiger partial charge in [-0.15, -0.1) is 0 Å².